The van der Waals surface area contributed by atoms with E-state index in [4.69, 9.17) is 4.74 Å². The molecule has 2 aliphatic rings. The van der Waals surface area contributed by atoms with Gasteiger partial charge >= 0.3 is 5.97 Å². The van der Waals surface area contributed by atoms with Gasteiger partial charge in [-0.05, 0) is 57.7 Å². The third-order valence-corrected chi connectivity index (χ3v) is 5.14. The van der Waals surface area contributed by atoms with Crippen LogP contribution in [0.25, 0.3) is 0 Å². The highest BCUT2D eigenvalue weighted by Gasteiger charge is 2.48. The van der Waals surface area contributed by atoms with Crippen LogP contribution >= 0.6 is 12.4 Å². The van der Waals surface area contributed by atoms with E-state index in [2.05, 4.69) is 24.1 Å². The molecule has 0 aromatic heterocycles. The number of halogens is 1. The lowest BCUT2D eigenvalue weighted by Crippen LogP contribution is -2.42. The zero-order chi connectivity index (χ0) is 14.6. The molecule has 21 heavy (non-hydrogen) atoms. The van der Waals surface area contributed by atoms with Crippen molar-refractivity contribution < 1.29 is 9.53 Å². The Bertz CT molecular complexity index is 332. The highest BCUT2D eigenvalue weighted by molar-refractivity contribution is 5.85. The number of esters is 1. The van der Waals surface area contributed by atoms with Crippen LogP contribution in [0.3, 0.4) is 0 Å². The minimum atomic E-state index is -0.275. The van der Waals surface area contributed by atoms with Crippen LogP contribution in [0.1, 0.15) is 40.0 Å². The van der Waals surface area contributed by atoms with Gasteiger partial charge in [0.1, 0.15) is 0 Å². The average Bonchev–Trinajstić information content (AvgIpc) is 2.85. The third-order valence-electron chi connectivity index (χ3n) is 5.14. The van der Waals surface area contributed by atoms with Gasteiger partial charge in [-0.2, -0.15) is 0 Å². The standard InChI is InChI=1S/C16H30N2O2.ClH/c1-4-20-15(19)16(13(2)3)7-10-18(12-16)11-14-5-8-17-9-6-14;/h13-14,17H,4-12H2,1-3H3;1H. The quantitative estimate of drug-likeness (QED) is 0.790. The van der Waals surface area contributed by atoms with Crippen LogP contribution in [-0.2, 0) is 9.53 Å². The second kappa shape index (κ2) is 8.35. The monoisotopic (exact) mass is 318 g/mol. The average molecular weight is 319 g/mol. The Balaban J connectivity index is 0.00000220. The summed E-state index contributed by atoms with van der Waals surface area (Å²) in [6.45, 7) is 12.1. The Kier molecular flexibility index (Phi) is 7.45. The van der Waals surface area contributed by atoms with Crippen molar-refractivity contribution in [1.29, 1.82) is 0 Å². The van der Waals surface area contributed by atoms with Crippen molar-refractivity contribution in [3.05, 3.63) is 0 Å². The summed E-state index contributed by atoms with van der Waals surface area (Å²) in [5.41, 5.74) is -0.275. The predicted octanol–water partition coefficient (Wildman–Crippen LogP) is 2.32. The molecule has 4 nitrogen and oxygen atoms in total. The highest BCUT2D eigenvalue weighted by Crippen LogP contribution is 2.39. The highest BCUT2D eigenvalue weighted by atomic mass is 35.5. The normalized spacial score (nSPS) is 27.6. The van der Waals surface area contributed by atoms with Crippen molar-refractivity contribution >= 4 is 18.4 Å². The van der Waals surface area contributed by atoms with Crippen molar-refractivity contribution in [3.8, 4) is 0 Å². The van der Waals surface area contributed by atoms with Crippen molar-refractivity contribution in [1.82, 2.24) is 10.2 Å². The second-order valence-corrected chi connectivity index (χ2v) is 6.71. The van der Waals surface area contributed by atoms with Crippen LogP contribution < -0.4 is 5.32 Å². The summed E-state index contributed by atoms with van der Waals surface area (Å²) >= 11 is 0. The first kappa shape index (κ1) is 18.7. The second-order valence-electron chi connectivity index (χ2n) is 6.71. The van der Waals surface area contributed by atoms with Gasteiger partial charge in [-0.1, -0.05) is 13.8 Å². The molecule has 1 N–H and O–H groups in total. The summed E-state index contributed by atoms with van der Waals surface area (Å²) in [6, 6.07) is 0. The van der Waals surface area contributed by atoms with Gasteiger partial charge in [-0.25, -0.2) is 0 Å². The van der Waals surface area contributed by atoms with E-state index in [1.165, 1.54) is 12.8 Å². The molecule has 124 valence electrons. The van der Waals surface area contributed by atoms with E-state index in [1.54, 1.807) is 0 Å². The molecule has 1 unspecified atom stereocenters. The smallest absolute Gasteiger partial charge is 0.313 e. The van der Waals surface area contributed by atoms with Crippen LogP contribution in [0, 0.1) is 17.3 Å². The van der Waals surface area contributed by atoms with Crippen LogP contribution in [0.15, 0.2) is 0 Å². The molecule has 2 fully saturated rings. The molecule has 0 aromatic rings. The lowest BCUT2D eigenvalue weighted by atomic mass is 9.76. The van der Waals surface area contributed by atoms with Crippen LogP contribution in [0.5, 0.6) is 0 Å². The third kappa shape index (κ3) is 4.33. The van der Waals surface area contributed by atoms with E-state index in [9.17, 15) is 4.79 Å². The first-order chi connectivity index (χ1) is 9.58. The van der Waals surface area contributed by atoms with Gasteiger partial charge in [0.15, 0.2) is 0 Å². The molecule has 0 saturated carbocycles. The first-order valence-corrected chi connectivity index (χ1v) is 8.19. The molecule has 2 aliphatic heterocycles. The number of piperidine rings is 1. The molecule has 0 amide bonds. The summed E-state index contributed by atoms with van der Waals surface area (Å²) in [6.07, 6.45) is 3.49. The topological polar surface area (TPSA) is 41.6 Å². The predicted molar refractivity (Wildman–Crippen MR) is 87.8 cm³/mol. The Morgan fingerprint density at radius 1 is 1.38 bits per heavy atom. The number of carbonyl (C=O) groups excluding carboxylic acids is 1. The van der Waals surface area contributed by atoms with Gasteiger partial charge in [-0.3, -0.25) is 4.79 Å². The zero-order valence-corrected chi connectivity index (χ0v) is 14.5. The molecule has 1 atom stereocenters. The van der Waals surface area contributed by atoms with E-state index >= 15 is 0 Å². The molecule has 2 saturated heterocycles. The van der Waals surface area contributed by atoms with Crippen LogP contribution in [0.4, 0.5) is 0 Å². The Labute approximate surface area is 135 Å². The van der Waals surface area contributed by atoms with E-state index in [0.717, 1.165) is 45.1 Å². The zero-order valence-electron chi connectivity index (χ0n) is 13.7. The number of ether oxygens (including phenoxy) is 1. The fourth-order valence-corrected chi connectivity index (χ4v) is 3.65. The molecule has 5 heteroatoms. The minimum absolute atomic E-state index is 0. The lowest BCUT2D eigenvalue weighted by molar-refractivity contribution is -0.157. The van der Waals surface area contributed by atoms with E-state index < -0.39 is 0 Å². The van der Waals surface area contributed by atoms with Gasteiger partial charge in [-0.15, -0.1) is 12.4 Å². The SMILES string of the molecule is CCOC(=O)C1(C(C)C)CCN(CC2CCNCC2)C1.Cl. The first-order valence-electron chi connectivity index (χ1n) is 8.19. The maximum absolute atomic E-state index is 12.4. The Morgan fingerprint density at radius 2 is 2.05 bits per heavy atom. The van der Waals surface area contributed by atoms with Crippen LogP contribution in [-0.4, -0.2) is 50.2 Å². The van der Waals surface area contributed by atoms with Crippen molar-refractivity contribution in [2.24, 2.45) is 17.3 Å². The fourth-order valence-electron chi connectivity index (χ4n) is 3.65. The number of rotatable bonds is 5. The van der Waals surface area contributed by atoms with Crippen molar-refractivity contribution in [2.45, 2.75) is 40.0 Å². The summed E-state index contributed by atoms with van der Waals surface area (Å²) in [7, 11) is 0. The Hall–Kier alpha value is -0.320. The fraction of sp³-hybridized carbons (Fsp3) is 0.938. The van der Waals surface area contributed by atoms with Gasteiger partial charge in [0.05, 0.1) is 12.0 Å². The molecule has 0 aliphatic carbocycles. The number of nitrogens with one attached hydrogen (secondary N) is 1. The van der Waals surface area contributed by atoms with Crippen molar-refractivity contribution in [3.63, 3.8) is 0 Å². The largest absolute Gasteiger partial charge is 0.466 e. The van der Waals surface area contributed by atoms with Gasteiger partial charge in [0.2, 0.25) is 0 Å². The number of carbonyl (C=O) groups is 1. The number of likely N-dealkylation sites (tertiary alicyclic amines) is 1. The van der Waals surface area contributed by atoms with E-state index in [1.807, 2.05) is 6.92 Å². The minimum Gasteiger partial charge on any atom is -0.466 e. The van der Waals surface area contributed by atoms with E-state index in [0.29, 0.717) is 12.5 Å². The molecule has 0 spiro atoms. The molecular weight excluding hydrogens is 288 g/mol. The van der Waals surface area contributed by atoms with E-state index in [-0.39, 0.29) is 23.8 Å². The molecular formula is C16H31ClN2O2. The molecule has 0 bridgehead atoms. The van der Waals surface area contributed by atoms with Gasteiger partial charge < -0.3 is 15.0 Å². The Morgan fingerprint density at radius 3 is 2.62 bits per heavy atom. The summed E-state index contributed by atoms with van der Waals surface area (Å²) in [5.74, 6) is 1.16. The van der Waals surface area contributed by atoms with Gasteiger partial charge in [0, 0.05) is 13.1 Å². The lowest BCUT2D eigenvalue weighted by Gasteiger charge is -2.32. The van der Waals surface area contributed by atoms with Gasteiger partial charge in [0.25, 0.3) is 0 Å². The number of hydrogen-bond acceptors (Lipinski definition) is 4. The molecule has 0 radical (unpaired) electrons. The maximum atomic E-state index is 12.4. The number of hydrogen-bond donors (Lipinski definition) is 1. The molecule has 0 aromatic carbocycles. The van der Waals surface area contributed by atoms with Crippen molar-refractivity contribution in [2.75, 3.05) is 39.3 Å². The number of nitrogens with zero attached hydrogens (tertiary/aromatic N) is 1. The summed E-state index contributed by atoms with van der Waals surface area (Å²) in [5, 5.41) is 3.42. The molecule has 2 rings (SSSR count). The summed E-state index contributed by atoms with van der Waals surface area (Å²) < 4.78 is 5.35. The van der Waals surface area contributed by atoms with Crippen LogP contribution in [0.2, 0.25) is 0 Å². The molecule has 2 heterocycles. The summed E-state index contributed by atoms with van der Waals surface area (Å²) in [4.78, 5) is 14.9. The maximum Gasteiger partial charge on any atom is 0.313 e.